The largest absolute Gasteiger partial charge is 0.463 e. The Morgan fingerprint density at radius 1 is 0.938 bits per heavy atom. The van der Waals surface area contributed by atoms with Crippen LogP contribution >= 0.6 is 0 Å². The third-order valence-corrected chi connectivity index (χ3v) is 4.43. The van der Waals surface area contributed by atoms with Gasteiger partial charge >= 0.3 is 23.9 Å². The maximum absolute atomic E-state index is 14.3. The molecule has 1 aliphatic heterocycles. The monoisotopic (exact) mass is 451 g/mol. The first-order chi connectivity index (χ1) is 15.0. The smallest absolute Gasteiger partial charge is 0.303 e. The Hall–Kier alpha value is -3.52. The van der Waals surface area contributed by atoms with Gasteiger partial charge in [0.05, 0.1) is 5.56 Å². The van der Waals surface area contributed by atoms with Gasteiger partial charge in [0.15, 0.2) is 18.3 Å². The van der Waals surface area contributed by atoms with Crippen molar-refractivity contribution in [3.8, 4) is 6.07 Å². The molecule has 0 saturated carbocycles. The number of carbonyl (C=O) groups excluding carboxylic acids is 4. The molecular weight excluding hydrogens is 429 g/mol. The summed E-state index contributed by atoms with van der Waals surface area (Å²) in [5, 5.41) is 8.97. The molecule has 1 saturated heterocycles. The quantitative estimate of drug-likeness (QED) is 0.462. The highest BCUT2D eigenvalue weighted by Crippen LogP contribution is 2.38. The zero-order chi connectivity index (χ0) is 24.0. The van der Waals surface area contributed by atoms with Gasteiger partial charge in [-0.1, -0.05) is 6.07 Å². The highest BCUT2D eigenvalue weighted by molar-refractivity contribution is 5.68. The topological polar surface area (TPSA) is 138 Å². The highest BCUT2D eigenvalue weighted by Gasteiger charge is 2.52. The number of nitriles is 1. The number of hydrogen-bond acceptors (Lipinski definition) is 10. The number of carbonyl (C=O) groups is 4. The van der Waals surface area contributed by atoms with Crippen molar-refractivity contribution in [2.45, 2.75) is 58.2 Å². The summed E-state index contributed by atoms with van der Waals surface area (Å²) >= 11 is 0. The normalized spacial score (nSPS) is 24.6. The molecule has 5 atom stereocenters. The van der Waals surface area contributed by atoms with Gasteiger partial charge in [-0.25, -0.2) is 4.39 Å². The van der Waals surface area contributed by atoms with Crippen LogP contribution in [0.3, 0.4) is 0 Å². The Morgan fingerprint density at radius 3 is 2.00 bits per heavy atom. The number of benzene rings is 1. The molecule has 172 valence electrons. The van der Waals surface area contributed by atoms with Crippen LogP contribution in [0.15, 0.2) is 18.2 Å². The van der Waals surface area contributed by atoms with E-state index in [1.54, 1.807) is 6.07 Å². The molecule has 0 N–H and O–H groups in total. The second-order valence-corrected chi connectivity index (χ2v) is 6.97. The lowest BCUT2D eigenvalue weighted by atomic mass is 9.90. The van der Waals surface area contributed by atoms with E-state index in [1.807, 2.05) is 0 Å². The molecule has 0 aromatic heterocycles. The van der Waals surface area contributed by atoms with Crippen LogP contribution in [-0.4, -0.2) is 54.9 Å². The van der Waals surface area contributed by atoms with Crippen LogP contribution in [0.4, 0.5) is 4.39 Å². The molecule has 1 aliphatic rings. The minimum atomic E-state index is -1.36. The predicted octanol–water partition coefficient (Wildman–Crippen LogP) is 1.50. The van der Waals surface area contributed by atoms with Gasteiger partial charge < -0.3 is 23.7 Å². The summed E-state index contributed by atoms with van der Waals surface area (Å²) in [6.07, 6.45) is -6.37. The summed E-state index contributed by atoms with van der Waals surface area (Å²) in [7, 11) is 0. The van der Waals surface area contributed by atoms with Gasteiger partial charge in [-0.15, -0.1) is 0 Å². The average Bonchev–Trinajstić information content (AvgIpc) is 2.68. The fourth-order valence-corrected chi connectivity index (χ4v) is 3.30. The summed E-state index contributed by atoms with van der Waals surface area (Å²) < 4.78 is 41.1. The molecule has 10 nitrogen and oxygen atoms in total. The molecule has 1 fully saturated rings. The average molecular weight is 451 g/mol. The third-order valence-electron chi connectivity index (χ3n) is 4.43. The Balaban J connectivity index is 2.58. The van der Waals surface area contributed by atoms with Gasteiger partial charge in [0.25, 0.3) is 0 Å². The van der Waals surface area contributed by atoms with Gasteiger partial charge in [-0.05, 0) is 17.7 Å². The Bertz CT molecular complexity index is 942. The Morgan fingerprint density at radius 2 is 1.50 bits per heavy atom. The highest BCUT2D eigenvalue weighted by atomic mass is 19.1. The standard InChI is InChI=1S/C21H22FNO9/c1-10(24)28-9-17-19(29-11(2)25)21(31-13(4)27)20(30-12(3)26)18(32-17)14-5-6-15(8-23)16(22)7-14/h5-7,17-21H,9H2,1-4H3/t17-,18+,19-,20+,21?/m1/s1. The third kappa shape index (κ3) is 6.24. The zero-order valence-electron chi connectivity index (χ0n) is 17.8. The zero-order valence-corrected chi connectivity index (χ0v) is 17.8. The molecule has 0 aliphatic carbocycles. The van der Waals surface area contributed by atoms with Crippen molar-refractivity contribution in [2.24, 2.45) is 0 Å². The van der Waals surface area contributed by atoms with Gasteiger partial charge in [-0.2, -0.15) is 5.26 Å². The molecule has 1 unspecified atom stereocenters. The van der Waals surface area contributed by atoms with E-state index in [1.165, 1.54) is 12.1 Å². The number of halogens is 1. The molecule has 0 amide bonds. The molecule has 0 radical (unpaired) electrons. The van der Waals surface area contributed by atoms with Crippen molar-refractivity contribution in [3.63, 3.8) is 0 Å². The summed E-state index contributed by atoms with van der Waals surface area (Å²) in [4.78, 5) is 46.6. The lowest BCUT2D eigenvalue weighted by Gasteiger charge is -2.44. The summed E-state index contributed by atoms with van der Waals surface area (Å²) in [6, 6.07) is 5.29. The van der Waals surface area contributed by atoms with E-state index in [2.05, 4.69) is 0 Å². The van der Waals surface area contributed by atoms with Crippen LogP contribution in [0.25, 0.3) is 0 Å². The molecule has 0 bridgehead atoms. The minimum Gasteiger partial charge on any atom is -0.463 e. The summed E-state index contributed by atoms with van der Waals surface area (Å²) in [5.41, 5.74) is -0.0709. The van der Waals surface area contributed by atoms with Crippen LogP contribution in [0, 0.1) is 17.1 Å². The number of rotatable bonds is 6. The van der Waals surface area contributed by atoms with Crippen molar-refractivity contribution < 1.29 is 47.3 Å². The van der Waals surface area contributed by atoms with E-state index in [9.17, 15) is 23.6 Å². The lowest BCUT2D eigenvalue weighted by molar-refractivity contribution is -0.254. The molecule has 2 rings (SSSR count). The van der Waals surface area contributed by atoms with Crippen molar-refractivity contribution in [2.75, 3.05) is 6.61 Å². The molecule has 1 aromatic carbocycles. The van der Waals surface area contributed by atoms with Crippen LogP contribution in [-0.2, 0) is 42.9 Å². The van der Waals surface area contributed by atoms with Crippen LogP contribution in [0.5, 0.6) is 0 Å². The van der Waals surface area contributed by atoms with Crippen LogP contribution < -0.4 is 0 Å². The van der Waals surface area contributed by atoms with Crippen LogP contribution in [0.2, 0.25) is 0 Å². The number of hydrogen-bond donors (Lipinski definition) is 0. The van der Waals surface area contributed by atoms with Gasteiger partial charge in [0.1, 0.15) is 30.7 Å². The van der Waals surface area contributed by atoms with E-state index < -0.39 is 66.8 Å². The van der Waals surface area contributed by atoms with Gasteiger partial charge in [0, 0.05) is 27.7 Å². The molecular formula is C21H22FNO9. The van der Waals surface area contributed by atoms with Crippen LogP contribution in [0.1, 0.15) is 44.9 Å². The molecule has 11 heteroatoms. The van der Waals surface area contributed by atoms with Gasteiger partial charge in [0.2, 0.25) is 0 Å². The fourth-order valence-electron chi connectivity index (χ4n) is 3.30. The van der Waals surface area contributed by atoms with E-state index in [4.69, 9.17) is 28.9 Å². The summed E-state index contributed by atoms with van der Waals surface area (Å²) in [5.74, 6) is -3.80. The molecule has 1 heterocycles. The van der Waals surface area contributed by atoms with Crippen molar-refractivity contribution >= 4 is 23.9 Å². The maximum atomic E-state index is 14.3. The molecule has 0 spiro atoms. The van der Waals surface area contributed by atoms with E-state index in [0.717, 1.165) is 33.8 Å². The Kier molecular flexibility index (Phi) is 8.26. The molecule has 32 heavy (non-hydrogen) atoms. The maximum Gasteiger partial charge on any atom is 0.303 e. The number of ether oxygens (including phenoxy) is 5. The number of esters is 4. The lowest BCUT2D eigenvalue weighted by Crippen LogP contribution is -2.59. The van der Waals surface area contributed by atoms with E-state index >= 15 is 0 Å². The second kappa shape index (κ2) is 10.7. The first-order valence-corrected chi connectivity index (χ1v) is 9.53. The van der Waals surface area contributed by atoms with Crippen molar-refractivity contribution in [3.05, 3.63) is 35.1 Å². The van der Waals surface area contributed by atoms with E-state index in [-0.39, 0.29) is 11.1 Å². The van der Waals surface area contributed by atoms with Crippen molar-refractivity contribution in [1.29, 1.82) is 5.26 Å². The van der Waals surface area contributed by atoms with Gasteiger partial charge in [-0.3, -0.25) is 19.2 Å². The first-order valence-electron chi connectivity index (χ1n) is 9.53. The second-order valence-electron chi connectivity index (χ2n) is 6.97. The minimum absolute atomic E-state index is 0.152. The van der Waals surface area contributed by atoms with E-state index in [0.29, 0.717) is 0 Å². The van der Waals surface area contributed by atoms with Crippen molar-refractivity contribution in [1.82, 2.24) is 0 Å². The fraction of sp³-hybridized carbons (Fsp3) is 0.476. The molecule has 1 aromatic rings. The SMILES string of the molecule is CC(=O)OC[C@H]1O[C@@H](c2ccc(C#N)c(F)c2)[C@H](OC(C)=O)C(OC(C)=O)[C@@H]1OC(C)=O. The Labute approximate surface area is 183 Å². The first kappa shape index (κ1) is 24.7. The number of nitrogens with zero attached hydrogens (tertiary/aromatic N) is 1. The predicted molar refractivity (Wildman–Crippen MR) is 102 cm³/mol. The summed E-state index contributed by atoms with van der Waals surface area (Å²) in [6.45, 7) is 4.07.